The minimum absolute atomic E-state index is 0.0358. The molecule has 0 fully saturated rings. The third kappa shape index (κ3) is 4.33. The normalized spacial score (nSPS) is 10.7. The van der Waals surface area contributed by atoms with E-state index in [1.807, 2.05) is 31.2 Å². The molecule has 0 aliphatic rings. The van der Waals surface area contributed by atoms with Gasteiger partial charge in [-0.3, -0.25) is 4.79 Å². The van der Waals surface area contributed by atoms with Gasteiger partial charge in [0.25, 0.3) is 5.91 Å². The van der Waals surface area contributed by atoms with Crippen molar-refractivity contribution < 1.29 is 14.6 Å². The van der Waals surface area contributed by atoms with Gasteiger partial charge in [-0.25, -0.2) is 0 Å². The maximum absolute atomic E-state index is 12.4. The standard InChI is InChI=1S/C17H16Cl3NO3/c1-2-24-9-11-6-4-3-5-10(11)8-21-17(23)14-15(20)12(18)7-13(19)16(14)22/h3-7,22H,2,8-9H2,1H3,(H,21,23). The van der Waals surface area contributed by atoms with Gasteiger partial charge in [0.2, 0.25) is 0 Å². The van der Waals surface area contributed by atoms with E-state index in [9.17, 15) is 9.90 Å². The quantitative estimate of drug-likeness (QED) is 0.698. The zero-order valence-corrected chi connectivity index (χ0v) is 15.2. The van der Waals surface area contributed by atoms with Crippen LogP contribution in [0.3, 0.4) is 0 Å². The Morgan fingerprint density at radius 2 is 1.83 bits per heavy atom. The number of ether oxygens (including phenoxy) is 1. The second-order valence-electron chi connectivity index (χ2n) is 4.97. The van der Waals surface area contributed by atoms with Gasteiger partial charge in [0.05, 0.1) is 21.7 Å². The highest BCUT2D eigenvalue weighted by molar-refractivity contribution is 6.45. The number of phenolic OH excluding ortho intramolecular Hbond substituents is 1. The van der Waals surface area contributed by atoms with Crippen LogP contribution in [-0.4, -0.2) is 17.6 Å². The summed E-state index contributed by atoms with van der Waals surface area (Å²) in [5.74, 6) is -0.959. The zero-order chi connectivity index (χ0) is 17.7. The number of rotatable bonds is 6. The molecule has 2 rings (SSSR count). The minimum atomic E-state index is -0.562. The van der Waals surface area contributed by atoms with Crippen molar-refractivity contribution in [3.05, 3.63) is 62.1 Å². The lowest BCUT2D eigenvalue weighted by Crippen LogP contribution is -2.24. The van der Waals surface area contributed by atoms with E-state index in [4.69, 9.17) is 39.5 Å². The van der Waals surface area contributed by atoms with Gasteiger partial charge < -0.3 is 15.2 Å². The molecule has 0 heterocycles. The van der Waals surface area contributed by atoms with Crippen LogP contribution in [0, 0.1) is 0 Å². The van der Waals surface area contributed by atoms with E-state index >= 15 is 0 Å². The van der Waals surface area contributed by atoms with Crippen LogP contribution in [0.25, 0.3) is 0 Å². The smallest absolute Gasteiger partial charge is 0.256 e. The van der Waals surface area contributed by atoms with Crippen molar-refractivity contribution in [3.63, 3.8) is 0 Å². The first kappa shape index (κ1) is 18.9. The number of amides is 1. The molecule has 0 aliphatic carbocycles. The van der Waals surface area contributed by atoms with E-state index in [-0.39, 0.29) is 27.2 Å². The number of aromatic hydroxyl groups is 1. The SMILES string of the molecule is CCOCc1ccccc1CNC(=O)c1c(O)c(Cl)cc(Cl)c1Cl. The van der Waals surface area contributed by atoms with Crippen LogP contribution >= 0.6 is 34.8 Å². The Hall–Kier alpha value is -1.46. The van der Waals surface area contributed by atoms with Crippen molar-refractivity contribution in [1.29, 1.82) is 0 Å². The Morgan fingerprint density at radius 3 is 2.50 bits per heavy atom. The van der Waals surface area contributed by atoms with E-state index in [1.165, 1.54) is 6.07 Å². The fourth-order valence-corrected chi connectivity index (χ4v) is 2.83. The summed E-state index contributed by atoms with van der Waals surface area (Å²) in [4.78, 5) is 12.4. The molecule has 2 aromatic carbocycles. The molecular weight excluding hydrogens is 373 g/mol. The fourth-order valence-electron chi connectivity index (χ4n) is 2.14. The number of hydrogen-bond acceptors (Lipinski definition) is 3. The van der Waals surface area contributed by atoms with Crippen LogP contribution in [0.2, 0.25) is 15.1 Å². The van der Waals surface area contributed by atoms with Crippen LogP contribution < -0.4 is 5.32 Å². The summed E-state index contributed by atoms with van der Waals surface area (Å²) >= 11 is 17.8. The average molecular weight is 389 g/mol. The number of nitrogens with one attached hydrogen (secondary N) is 1. The van der Waals surface area contributed by atoms with Gasteiger partial charge in [-0.05, 0) is 24.1 Å². The molecule has 0 aromatic heterocycles. The van der Waals surface area contributed by atoms with Crippen LogP contribution in [0.15, 0.2) is 30.3 Å². The summed E-state index contributed by atoms with van der Waals surface area (Å²) in [5.41, 5.74) is 1.73. The third-order valence-electron chi connectivity index (χ3n) is 3.39. The molecule has 0 saturated carbocycles. The van der Waals surface area contributed by atoms with Crippen LogP contribution in [0.1, 0.15) is 28.4 Å². The molecule has 1 amide bonds. The molecule has 2 aromatic rings. The van der Waals surface area contributed by atoms with Crippen molar-refractivity contribution in [2.45, 2.75) is 20.1 Å². The Morgan fingerprint density at radius 1 is 1.17 bits per heavy atom. The second-order valence-corrected chi connectivity index (χ2v) is 6.16. The molecule has 2 N–H and O–H groups in total. The first-order valence-corrected chi connectivity index (χ1v) is 8.38. The molecule has 0 aliphatic heterocycles. The van der Waals surface area contributed by atoms with Gasteiger partial charge in [0.15, 0.2) is 0 Å². The molecule has 0 spiro atoms. The lowest BCUT2D eigenvalue weighted by molar-refractivity contribution is 0.0947. The molecule has 0 saturated heterocycles. The molecule has 0 unspecified atom stereocenters. The fraction of sp³-hybridized carbons (Fsp3) is 0.235. The maximum atomic E-state index is 12.4. The van der Waals surface area contributed by atoms with Crippen molar-refractivity contribution in [2.24, 2.45) is 0 Å². The summed E-state index contributed by atoms with van der Waals surface area (Å²) in [5, 5.41) is 12.7. The minimum Gasteiger partial charge on any atom is -0.505 e. The third-order valence-corrected chi connectivity index (χ3v) is 4.47. The summed E-state index contributed by atoms with van der Waals surface area (Å²) in [7, 11) is 0. The highest BCUT2D eigenvalue weighted by Gasteiger charge is 2.21. The van der Waals surface area contributed by atoms with E-state index in [0.717, 1.165) is 11.1 Å². The summed E-state index contributed by atoms with van der Waals surface area (Å²) < 4.78 is 5.41. The van der Waals surface area contributed by atoms with Crippen molar-refractivity contribution >= 4 is 40.7 Å². The topological polar surface area (TPSA) is 58.6 Å². The monoisotopic (exact) mass is 387 g/mol. The predicted molar refractivity (Wildman–Crippen MR) is 96.1 cm³/mol. The Labute approximate surface area is 155 Å². The summed E-state index contributed by atoms with van der Waals surface area (Å²) in [6.45, 7) is 3.22. The second kappa shape index (κ2) is 8.58. The maximum Gasteiger partial charge on any atom is 0.256 e. The lowest BCUT2D eigenvalue weighted by Gasteiger charge is -2.13. The van der Waals surface area contributed by atoms with E-state index in [0.29, 0.717) is 13.2 Å². The molecule has 0 bridgehead atoms. The molecule has 128 valence electrons. The first-order valence-electron chi connectivity index (χ1n) is 7.24. The number of hydrogen-bond donors (Lipinski definition) is 2. The molecule has 4 nitrogen and oxygen atoms in total. The largest absolute Gasteiger partial charge is 0.505 e. The first-order chi connectivity index (χ1) is 11.5. The van der Waals surface area contributed by atoms with Crippen molar-refractivity contribution in [1.82, 2.24) is 5.32 Å². The Balaban J connectivity index is 2.18. The van der Waals surface area contributed by atoms with E-state index < -0.39 is 11.7 Å². The van der Waals surface area contributed by atoms with Gasteiger partial charge in [-0.1, -0.05) is 59.1 Å². The van der Waals surface area contributed by atoms with Crippen LogP contribution in [0.5, 0.6) is 5.75 Å². The van der Waals surface area contributed by atoms with Gasteiger partial charge in [-0.15, -0.1) is 0 Å². The van der Waals surface area contributed by atoms with Crippen LogP contribution in [-0.2, 0) is 17.9 Å². The lowest BCUT2D eigenvalue weighted by atomic mass is 10.1. The number of carbonyl (C=O) groups is 1. The zero-order valence-electron chi connectivity index (χ0n) is 12.9. The molecule has 0 atom stereocenters. The van der Waals surface area contributed by atoms with Crippen molar-refractivity contribution in [2.75, 3.05) is 6.61 Å². The van der Waals surface area contributed by atoms with Gasteiger partial charge in [0, 0.05) is 13.2 Å². The highest BCUT2D eigenvalue weighted by Crippen LogP contribution is 2.38. The number of carbonyl (C=O) groups excluding carboxylic acids is 1. The summed E-state index contributed by atoms with van der Waals surface area (Å²) in [6.07, 6.45) is 0. The number of phenols is 1. The van der Waals surface area contributed by atoms with Crippen molar-refractivity contribution in [3.8, 4) is 5.75 Å². The average Bonchev–Trinajstić information content (AvgIpc) is 2.57. The summed E-state index contributed by atoms with van der Waals surface area (Å²) in [6, 6.07) is 8.88. The predicted octanol–water partition coefficient (Wildman–Crippen LogP) is 4.82. The van der Waals surface area contributed by atoms with E-state index in [2.05, 4.69) is 5.32 Å². The Bertz CT molecular complexity index is 724. The Kier molecular flexibility index (Phi) is 6.75. The van der Waals surface area contributed by atoms with Gasteiger partial charge in [-0.2, -0.15) is 0 Å². The molecule has 7 heteroatoms. The number of halogens is 3. The van der Waals surface area contributed by atoms with E-state index in [1.54, 1.807) is 0 Å². The van der Waals surface area contributed by atoms with Crippen LogP contribution in [0.4, 0.5) is 0 Å². The number of benzene rings is 2. The van der Waals surface area contributed by atoms with Gasteiger partial charge >= 0.3 is 0 Å². The molecular formula is C17H16Cl3NO3. The molecule has 0 radical (unpaired) electrons. The highest BCUT2D eigenvalue weighted by atomic mass is 35.5. The molecule has 24 heavy (non-hydrogen) atoms. The van der Waals surface area contributed by atoms with Gasteiger partial charge in [0.1, 0.15) is 11.3 Å².